The van der Waals surface area contributed by atoms with Crippen molar-refractivity contribution in [2.75, 3.05) is 0 Å². The molecule has 0 aliphatic carbocycles. The van der Waals surface area contributed by atoms with E-state index in [2.05, 4.69) is 4.18 Å². The van der Waals surface area contributed by atoms with Crippen molar-refractivity contribution in [1.29, 1.82) is 0 Å². The number of benzene rings is 1. The Morgan fingerprint density at radius 2 is 1.73 bits per heavy atom. The minimum absolute atomic E-state index is 0.199. The Bertz CT molecular complexity index is 788. The van der Waals surface area contributed by atoms with Crippen molar-refractivity contribution >= 4 is 22.0 Å². The number of carboxylic acid groups (broad SMARTS) is 1. The first-order valence-corrected chi connectivity index (χ1v) is 7.74. The highest BCUT2D eigenvalue weighted by Gasteiger charge is 2.48. The summed E-state index contributed by atoms with van der Waals surface area (Å²) in [5, 5.41) is 10.0. The third kappa shape index (κ3) is 5.79. The van der Waals surface area contributed by atoms with E-state index < -0.39 is 51.9 Å². The first-order valence-electron chi connectivity index (χ1n) is 6.33. The second-order valence-corrected chi connectivity index (χ2v) is 6.23. The normalized spacial score (nSPS) is 13.8. The molecule has 14 heteroatoms. The van der Waals surface area contributed by atoms with Crippen LogP contribution >= 0.6 is 0 Å². The van der Waals surface area contributed by atoms with Gasteiger partial charge in [0.1, 0.15) is 11.8 Å². The van der Waals surface area contributed by atoms with E-state index in [-0.39, 0.29) is 5.56 Å². The van der Waals surface area contributed by atoms with E-state index in [4.69, 9.17) is 5.11 Å². The van der Waals surface area contributed by atoms with Gasteiger partial charge in [0.2, 0.25) is 0 Å². The summed E-state index contributed by atoms with van der Waals surface area (Å²) in [6.45, 7) is 0. The van der Waals surface area contributed by atoms with Gasteiger partial charge in [-0.05, 0) is 17.7 Å². The molecule has 0 saturated heterocycles. The van der Waals surface area contributed by atoms with Crippen molar-refractivity contribution in [1.82, 2.24) is 5.32 Å². The summed E-state index contributed by atoms with van der Waals surface area (Å²) in [6, 6.07) is 1.48. The lowest BCUT2D eigenvalue weighted by molar-refractivity contribution is -0.175. The Balaban J connectivity index is 2.99. The maximum Gasteiger partial charge on any atom is 0.534 e. The molecule has 0 aliphatic rings. The molecule has 1 aromatic rings. The quantitative estimate of drug-likeness (QED) is 0.420. The number of hydrogen-bond donors (Lipinski definition) is 2. The van der Waals surface area contributed by atoms with Gasteiger partial charge in [0.15, 0.2) is 0 Å². The van der Waals surface area contributed by atoms with Gasteiger partial charge in [-0.1, -0.05) is 12.1 Å². The molecule has 0 saturated carbocycles. The number of rotatable bonds is 6. The van der Waals surface area contributed by atoms with Crippen molar-refractivity contribution in [3.05, 3.63) is 29.8 Å². The van der Waals surface area contributed by atoms with Crippen LogP contribution in [0, 0.1) is 0 Å². The molecule has 0 aromatic heterocycles. The summed E-state index contributed by atoms with van der Waals surface area (Å²) in [7, 11) is -5.99. The molecule has 7 nitrogen and oxygen atoms in total. The van der Waals surface area contributed by atoms with Crippen molar-refractivity contribution in [3.8, 4) is 5.75 Å². The van der Waals surface area contributed by atoms with Crippen LogP contribution < -0.4 is 9.50 Å². The summed E-state index contributed by atoms with van der Waals surface area (Å²) in [5.41, 5.74) is -5.91. The van der Waals surface area contributed by atoms with E-state index in [1.54, 1.807) is 0 Å². The van der Waals surface area contributed by atoms with E-state index in [1.807, 2.05) is 0 Å². The van der Waals surface area contributed by atoms with Gasteiger partial charge in [-0.2, -0.15) is 34.8 Å². The maximum absolute atomic E-state index is 12.2. The molecule has 146 valence electrons. The Labute approximate surface area is 141 Å². The minimum atomic E-state index is -5.99. The zero-order valence-electron chi connectivity index (χ0n) is 12.3. The Hall–Kier alpha value is -2.51. The van der Waals surface area contributed by atoms with Crippen LogP contribution in [0.4, 0.5) is 26.3 Å². The molecule has 1 aromatic carbocycles. The van der Waals surface area contributed by atoms with Gasteiger partial charge in [0.05, 0.1) is 0 Å². The largest absolute Gasteiger partial charge is 0.534 e. The lowest BCUT2D eigenvalue weighted by atomic mass is 10.1. The third-order valence-corrected chi connectivity index (χ3v) is 3.67. The first kappa shape index (κ1) is 21.5. The smallest absolute Gasteiger partial charge is 0.480 e. The molecule has 1 rings (SSSR count). The molecule has 0 bridgehead atoms. The van der Waals surface area contributed by atoms with E-state index in [1.165, 1.54) is 5.32 Å². The van der Waals surface area contributed by atoms with Crippen molar-refractivity contribution in [3.63, 3.8) is 0 Å². The molecule has 1 amide bonds. The molecular weight excluding hydrogens is 400 g/mol. The van der Waals surface area contributed by atoms with Crippen LogP contribution in [-0.4, -0.2) is 43.1 Å². The number of carbonyl (C=O) groups excluding carboxylic acids is 1. The summed E-state index contributed by atoms with van der Waals surface area (Å²) < 4.78 is 98.9. The fraction of sp³-hybridized carbons (Fsp3) is 0.333. The SMILES string of the molecule is O=C(O)[C@H](Cc1cccc(OS(=O)(=O)C(F)(F)F)c1)NC(=O)C(F)(F)F. The number of carbonyl (C=O) groups is 2. The molecule has 1 atom stereocenters. The second kappa shape index (κ2) is 7.39. The van der Waals surface area contributed by atoms with Gasteiger partial charge in [-0.3, -0.25) is 4.79 Å². The molecule has 0 aliphatic heterocycles. The molecular formula is C12H9F6NO6S. The van der Waals surface area contributed by atoms with Gasteiger partial charge >= 0.3 is 33.7 Å². The highest BCUT2D eigenvalue weighted by atomic mass is 32.2. The number of carboxylic acids is 1. The zero-order chi connectivity index (χ0) is 20.3. The molecule has 0 unspecified atom stereocenters. The van der Waals surface area contributed by atoms with Crippen LogP contribution in [0.2, 0.25) is 0 Å². The third-order valence-electron chi connectivity index (χ3n) is 2.69. The standard InChI is InChI=1S/C12H9F6NO6S/c13-11(14,15)10(22)19-8(9(20)21)5-6-2-1-3-7(4-6)25-26(23,24)12(16,17)18/h1-4,8H,5H2,(H,19,22)(H,20,21)/t8-/m0/s1. The minimum Gasteiger partial charge on any atom is -0.480 e. The van der Waals surface area contributed by atoms with E-state index in [0.29, 0.717) is 6.07 Å². The molecule has 0 fully saturated rings. The van der Waals surface area contributed by atoms with E-state index in [0.717, 1.165) is 18.2 Å². The summed E-state index contributed by atoms with van der Waals surface area (Å²) in [6.07, 6.45) is -6.13. The lowest BCUT2D eigenvalue weighted by Gasteiger charge is -2.16. The van der Waals surface area contributed by atoms with Crippen LogP contribution in [-0.2, 0) is 26.1 Å². The van der Waals surface area contributed by atoms with Crippen molar-refractivity contribution in [2.24, 2.45) is 0 Å². The Morgan fingerprint density at radius 3 is 2.19 bits per heavy atom. The van der Waals surface area contributed by atoms with Crippen LogP contribution in [0.25, 0.3) is 0 Å². The Kier molecular flexibility index (Phi) is 6.12. The number of amides is 1. The van der Waals surface area contributed by atoms with Crippen LogP contribution in [0.15, 0.2) is 24.3 Å². The first-order chi connectivity index (χ1) is 11.6. The van der Waals surface area contributed by atoms with Crippen LogP contribution in [0.5, 0.6) is 5.75 Å². The van der Waals surface area contributed by atoms with Gasteiger partial charge in [0.25, 0.3) is 0 Å². The molecule has 0 heterocycles. The Morgan fingerprint density at radius 1 is 1.15 bits per heavy atom. The summed E-state index contributed by atoms with van der Waals surface area (Å²) >= 11 is 0. The van der Waals surface area contributed by atoms with Crippen molar-refractivity contribution in [2.45, 2.75) is 24.1 Å². The summed E-state index contributed by atoms with van der Waals surface area (Å²) in [4.78, 5) is 21.8. The monoisotopic (exact) mass is 409 g/mol. The van der Waals surface area contributed by atoms with Gasteiger partial charge in [-0.25, -0.2) is 4.79 Å². The predicted octanol–water partition coefficient (Wildman–Crippen LogP) is 1.59. The number of nitrogens with one attached hydrogen (secondary N) is 1. The number of hydrogen-bond acceptors (Lipinski definition) is 5. The highest BCUT2D eigenvalue weighted by Crippen LogP contribution is 2.27. The number of alkyl halides is 6. The van der Waals surface area contributed by atoms with Gasteiger partial charge in [0, 0.05) is 6.42 Å². The lowest BCUT2D eigenvalue weighted by Crippen LogP contribution is -2.47. The van der Waals surface area contributed by atoms with Crippen molar-refractivity contribution < 1.29 is 53.6 Å². The van der Waals surface area contributed by atoms with Crippen LogP contribution in [0.1, 0.15) is 5.56 Å². The molecule has 0 spiro atoms. The van der Waals surface area contributed by atoms with Gasteiger partial charge in [-0.15, -0.1) is 0 Å². The zero-order valence-corrected chi connectivity index (χ0v) is 13.1. The summed E-state index contributed by atoms with van der Waals surface area (Å²) in [5.74, 6) is -5.22. The maximum atomic E-state index is 12.2. The average molecular weight is 409 g/mol. The highest BCUT2D eigenvalue weighted by molar-refractivity contribution is 7.88. The average Bonchev–Trinajstić information content (AvgIpc) is 2.44. The molecule has 26 heavy (non-hydrogen) atoms. The predicted molar refractivity (Wildman–Crippen MR) is 71.4 cm³/mol. The molecule has 0 radical (unpaired) electrons. The fourth-order valence-corrected chi connectivity index (χ4v) is 2.03. The molecule has 2 N–H and O–H groups in total. The van der Waals surface area contributed by atoms with Gasteiger partial charge < -0.3 is 14.6 Å². The number of aliphatic carboxylic acids is 1. The second-order valence-electron chi connectivity index (χ2n) is 4.70. The number of halogens is 6. The van der Waals surface area contributed by atoms with E-state index in [9.17, 15) is 44.3 Å². The van der Waals surface area contributed by atoms with E-state index >= 15 is 0 Å². The fourth-order valence-electron chi connectivity index (χ4n) is 1.57. The topological polar surface area (TPSA) is 110 Å². The van der Waals surface area contributed by atoms with Crippen LogP contribution in [0.3, 0.4) is 0 Å².